The Morgan fingerprint density at radius 1 is 1.08 bits per heavy atom. The molecule has 1 N–H and O–H groups in total. The number of rotatable bonds is 5. The van der Waals surface area contributed by atoms with Crippen molar-refractivity contribution >= 4 is 6.09 Å². The second-order valence-electron chi connectivity index (χ2n) is 6.71. The van der Waals surface area contributed by atoms with Crippen LogP contribution in [0.5, 0.6) is 0 Å². The average Bonchev–Trinajstić information content (AvgIpc) is 2.67. The van der Waals surface area contributed by atoms with Gasteiger partial charge in [0.25, 0.3) is 0 Å². The number of hydrogen-bond donors (Lipinski definition) is 1. The lowest BCUT2D eigenvalue weighted by molar-refractivity contribution is 0.0678. The molecule has 5 nitrogen and oxygen atoms in total. The number of amides is 1. The molecule has 0 spiro atoms. The van der Waals surface area contributed by atoms with E-state index in [0.29, 0.717) is 12.6 Å². The summed E-state index contributed by atoms with van der Waals surface area (Å²) >= 11 is 0. The van der Waals surface area contributed by atoms with E-state index in [-0.39, 0.29) is 6.09 Å². The molecule has 1 aromatic carbocycles. The molecule has 0 aromatic heterocycles. The fourth-order valence-corrected chi connectivity index (χ4v) is 3.63. The summed E-state index contributed by atoms with van der Waals surface area (Å²) in [4.78, 5) is 16.6. The van der Waals surface area contributed by atoms with E-state index in [1.807, 2.05) is 23.1 Å². The Kier molecular flexibility index (Phi) is 6.49. The highest BCUT2D eigenvalue weighted by atomic mass is 16.6. The number of nitrogens with zero attached hydrogens (tertiary/aromatic N) is 2. The molecule has 0 radical (unpaired) electrons. The van der Waals surface area contributed by atoms with Gasteiger partial charge in [0.1, 0.15) is 0 Å². The average molecular weight is 331 g/mol. The van der Waals surface area contributed by atoms with Gasteiger partial charge < -0.3 is 15.0 Å². The minimum atomic E-state index is -0.137. The van der Waals surface area contributed by atoms with Crippen LogP contribution in [0.4, 0.5) is 4.79 Å². The highest BCUT2D eigenvalue weighted by Crippen LogP contribution is 2.17. The fraction of sp³-hybridized carbons (Fsp3) is 0.632. The van der Waals surface area contributed by atoms with Crippen molar-refractivity contribution in [3.8, 4) is 0 Å². The van der Waals surface area contributed by atoms with Gasteiger partial charge >= 0.3 is 6.09 Å². The third-order valence-electron chi connectivity index (χ3n) is 5.07. The van der Waals surface area contributed by atoms with E-state index in [2.05, 4.69) is 22.3 Å². The molecule has 2 saturated heterocycles. The van der Waals surface area contributed by atoms with E-state index < -0.39 is 0 Å². The first-order chi connectivity index (χ1) is 11.8. The lowest BCUT2D eigenvalue weighted by Gasteiger charge is -2.40. The van der Waals surface area contributed by atoms with Crippen molar-refractivity contribution in [2.24, 2.45) is 0 Å². The molecule has 0 saturated carbocycles. The first-order valence-electron chi connectivity index (χ1n) is 9.23. The number of piperidine rings is 1. The predicted octanol–water partition coefficient (Wildman–Crippen LogP) is 2.13. The molecule has 132 valence electrons. The number of hydrogen-bond acceptors (Lipinski definition) is 4. The van der Waals surface area contributed by atoms with Crippen LogP contribution in [-0.2, 0) is 11.2 Å². The van der Waals surface area contributed by atoms with Crippen molar-refractivity contribution in [2.45, 2.75) is 31.7 Å². The van der Waals surface area contributed by atoms with Crippen LogP contribution in [0.1, 0.15) is 24.8 Å². The Labute approximate surface area is 145 Å². The van der Waals surface area contributed by atoms with Crippen molar-refractivity contribution < 1.29 is 9.53 Å². The molecule has 2 aliphatic heterocycles. The predicted molar refractivity (Wildman–Crippen MR) is 95.1 cm³/mol. The van der Waals surface area contributed by atoms with Crippen LogP contribution in [0.25, 0.3) is 0 Å². The van der Waals surface area contributed by atoms with Crippen molar-refractivity contribution in [3.05, 3.63) is 35.9 Å². The molecule has 0 aliphatic carbocycles. The SMILES string of the molecule is O=C(OCCCc1ccccc1)N1CCC(N2CCNCC2)CC1. The van der Waals surface area contributed by atoms with Gasteiger partial charge in [0, 0.05) is 45.3 Å². The molecule has 1 amide bonds. The second kappa shape index (κ2) is 9.04. The van der Waals surface area contributed by atoms with Gasteiger partial charge in [0.05, 0.1) is 6.61 Å². The first kappa shape index (κ1) is 17.2. The number of carbonyl (C=O) groups excluding carboxylic acids is 1. The van der Waals surface area contributed by atoms with Crippen molar-refractivity contribution in [1.29, 1.82) is 0 Å². The Bertz CT molecular complexity index is 495. The largest absolute Gasteiger partial charge is 0.449 e. The second-order valence-corrected chi connectivity index (χ2v) is 6.71. The number of carbonyl (C=O) groups is 1. The topological polar surface area (TPSA) is 44.8 Å². The zero-order valence-electron chi connectivity index (χ0n) is 14.5. The van der Waals surface area contributed by atoms with Crippen LogP contribution < -0.4 is 5.32 Å². The van der Waals surface area contributed by atoms with Gasteiger partial charge in [-0.3, -0.25) is 4.90 Å². The van der Waals surface area contributed by atoms with E-state index in [0.717, 1.165) is 65.0 Å². The first-order valence-corrected chi connectivity index (χ1v) is 9.23. The van der Waals surface area contributed by atoms with Crippen LogP contribution in [-0.4, -0.2) is 67.8 Å². The van der Waals surface area contributed by atoms with Crippen LogP contribution in [0.2, 0.25) is 0 Å². The van der Waals surface area contributed by atoms with Crippen LogP contribution in [0.3, 0.4) is 0 Å². The highest BCUT2D eigenvalue weighted by Gasteiger charge is 2.28. The number of ether oxygens (including phenoxy) is 1. The monoisotopic (exact) mass is 331 g/mol. The zero-order chi connectivity index (χ0) is 16.6. The molecular weight excluding hydrogens is 302 g/mol. The van der Waals surface area contributed by atoms with Gasteiger partial charge in [-0.2, -0.15) is 0 Å². The van der Waals surface area contributed by atoms with Gasteiger partial charge in [-0.1, -0.05) is 30.3 Å². The van der Waals surface area contributed by atoms with Crippen LogP contribution in [0.15, 0.2) is 30.3 Å². The van der Waals surface area contributed by atoms with E-state index in [1.165, 1.54) is 5.56 Å². The fourth-order valence-electron chi connectivity index (χ4n) is 3.63. The van der Waals surface area contributed by atoms with E-state index >= 15 is 0 Å². The quantitative estimate of drug-likeness (QED) is 0.840. The molecule has 1 aromatic rings. The number of benzene rings is 1. The molecule has 2 fully saturated rings. The number of likely N-dealkylation sites (tertiary alicyclic amines) is 1. The van der Waals surface area contributed by atoms with Gasteiger partial charge in [0.2, 0.25) is 0 Å². The minimum absolute atomic E-state index is 0.137. The third-order valence-corrected chi connectivity index (χ3v) is 5.07. The summed E-state index contributed by atoms with van der Waals surface area (Å²) in [7, 11) is 0. The third kappa shape index (κ3) is 4.95. The maximum absolute atomic E-state index is 12.2. The Balaban J connectivity index is 1.31. The summed E-state index contributed by atoms with van der Waals surface area (Å²) in [6.45, 7) is 6.60. The molecule has 3 rings (SSSR count). The molecular formula is C19H29N3O2. The molecule has 24 heavy (non-hydrogen) atoms. The normalized spacial score (nSPS) is 20.1. The minimum Gasteiger partial charge on any atom is -0.449 e. The molecule has 2 heterocycles. The molecule has 0 atom stereocenters. The lowest BCUT2D eigenvalue weighted by atomic mass is 10.0. The van der Waals surface area contributed by atoms with Crippen LogP contribution >= 0.6 is 0 Å². The summed E-state index contributed by atoms with van der Waals surface area (Å²) in [6.07, 6.45) is 3.84. The van der Waals surface area contributed by atoms with Crippen LogP contribution in [0, 0.1) is 0 Å². The van der Waals surface area contributed by atoms with Crippen molar-refractivity contribution in [3.63, 3.8) is 0 Å². The van der Waals surface area contributed by atoms with Gasteiger partial charge in [-0.25, -0.2) is 4.79 Å². The Morgan fingerprint density at radius 2 is 1.79 bits per heavy atom. The summed E-state index contributed by atoms with van der Waals surface area (Å²) in [6, 6.07) is 11.0. The standard InChI is InChI=1S/C19H29N3O2/c23-19(24-16-4-7-17-5-2-1-3-6-17)22-12-8-18(9-13-22)21-14-10-20-11-15-21/h1-3,5-6,18,20H,4,7-16H2. The number of piperazine rings is 1. The zero-order valence-corrected chi connectivity index (χ0v) is 14.5. The van der Waals surface area contributed by atoms with Crippen molar-refractivity contribution in [2.75, 3.05) is 45.9 Å². The maximum atomic E-state index is 12.2. The van der Waals surface area contributed by atoms with Gasteiger partial charge in [-0.05, 0) is 31.2 Å². The van der Waals surface area contributed by atoms with Crippen molar-refractivity contribution in [1.82, 2.24) is 15.1 Å². The van der Waals surface area contributed by atoms with E-state index in [4.69, 9.17) is 4.74 Å². The Hall–Kier alpha value is -1.59. The highest BCUT2D eigenvalue weighted by molar-refractivity contribution is 5.67. The molecule has 5 heteroatoms. The van der Waals surface area contributed by atoms with Gasteiger partial charge in [-0.15, -0.1) is 0 Å². The van der Waals surface area contributed by atoms with E-state index in [1.54, 1.807) is 0 Å². The summed E-state index contributed by atoms with van der Waals surface area (Å²) in [5.41, 5.74) is 1.30. The van der Waals surface area contributed by atoms with E-state index in [9.17, 15) is 4.79 Å². The molecule has 0 unspecified atom stereocenters. The summed E-state index contributed by atoms with van der Waals surface area (Å²) < 4.78 is 5.45. The Morgan fingerprint density at radius 3 is 2.50 bits per heavy atom. The maximum Gasteiger partial charge on any atom is 0.409 e. The molecule has 0 bridgehead atoms. The summed E-state index contributed by atoms with van der Waals surface area (Å²) in [5, 5.41) is 3.40. The smallest absolute Gasteiger partial charge is 0.409 e. The molecule has 2 aliphatic rings. The number of aryl methyl sites for hydroxylation is 1. The van der Waals surface area contributed by atoms with Gasteiger partial charge in [0.15, 0.2) is 0 Å². The summed E-state index contributed by atoms with van der Waals surface area (Å²) in [5.74, 6) is 0. The number of nitrogens with one attached hydrogen (secondary N) is 1. The lowest BCUT2D eigenvalue weighted by Crippen LogP contribution is -2.52.